The fourth-order valence-electron chi connectivity index (χ4n) is 3.65. The number of carbonyl (C=O) groups excluding carboxylic acids is 1. The van der Waals surface area contributed by atoms with Gasteiger partial charge >= 0.3 is 0 Å². The Morgan fingerprint density at radius 1 is 1.15 bits per heavy atom. The zero-order chi connectivity index (χ0) is 17.9. The monoisotopic (exact) mass is 479 g/mol. The average Bonchev–Trinajstić information content (AvgIpc) is 3.02. The summed E-state index contributed by atoms with van der Waals surface area (Å²) in [6, 6.07) is 0. The Morgan fingerprint density at radius 3 is 2.58 bits per heavy atom. The van der Waals surface area contributed by atoms with Gasteiger partial charge in [0.25, 0.3) is 0 Å². The molecule has 2 rings (SSSR count). The van der Waals surface area contributed by atoms with Crippen molar-refractivity contribution < 1.29 is 4.79 Å². The molecule has 1 amide bonds. The van der Waals surface area contributed by atoms with Crippen LogP contribution in [0.15, 0.2) is 4.99 Å². The van der Waals surface area contributed by atoms with Crippen LogP contribution >= 0.6 is 24.0 Å². The summed E-state index contributed by atoms with van der Waals surface area (Å²) in [5, 5.41) is 6.73. The van der Waals surface area contributed by atoms with E-state index in [9.17, 15) is 4.79 Å². The number of rotatable bonds is 9. The van der Waals surface area contributed by atoms with E-state index in [1.807, 2.05) is 4.90 Å². The highest BCUT2D eigenvalue weighted by Crippen LogP contribution is 2.11. The van der Waals surface area contributed by atoms with Crippen LogP contribution in [-0.2, 0) is 4.79 Å². The first-order valence-electron chi connectivity index (χ1n) is 10.2. The molecule has 2 N–H and O–H groups in total. The Kier molecular flexibility index (Phi) is 12.3. The molecule has 2 saturated heterocycles. The predicted octanol–water partition coefficient (Wildman–Crippen LogP) is 2.29. The number of likely N-dealkylation sites (tertiary alicyclic amines) is 2. The van der Waals surface area contributed by atoms with Crippen LogP contribution in [0.1, 0.15) is 52.4 Å². The number of hydrogen-bond donors (Lipinski definition) is 2. The number of piperidine rings is 1. The van der Waals surface area contributed by atoms with E-state index >= 15 is 0 Å². The van der Waals surface area contributed by atoms with Gasteiger partial charge in [0.1, 0.15) is 0 Å². The van der Waals surface area contributed by atoms with Crippen LogP contribution in [-0.4, -0.2) is 74.0 Å². The summed E-state index contributed by atoms with van der Waals surface area (Å²) in [6.07, 6.45) is 6.80. The van der Waals surface area contributed by atoms with Gasteiger partial charge in [-0.1, -0.05) is 13.3 Å². The van der Waals surface area contributed by atoms with Gasteiger partial charge < -0.3 is 20.4 Å². The first-order valence-corrected chi connectivity index (χ1v) is 10.2. The molecule has 0 radical (unpaired) electrons. The van der Waals surface area contributed by atoms with E-state index in [-0.39, 0.29) is 24.0 Å². The minimum absolute atomic E-state index is 0. The van der Waals surface area contributed by atoms with E-state index < -0.39 is 0 Å². The zero-order valence-electron chi connectivity index (χ0n) is 16.6. The fraction of sp³-hybridized carbons (Fsp3) is 0.895. The molecule has 2 fully saturated rings. The Morgan fingerprint density at radius 2 is 1.92 bits per heavy atom. The molecule has 2 aliphatic rings. The maximum absolute atomic E-state index is 11.6. The normalized spacial score (nSPS) is 20.0. The quantitative estimate of drug-likeness (QED) is 0.231. The van der Waals surface area contributed by atoms with Crippen molar-refractivity contribution in [1.29, 1.82) is 0 Å². The molecule has 2 heterocycles. The smallest absolute Gasteiger partial charge is 0.222 e. The van der Waals surface area contributed by atoms with Crippen molar-refractivity contribution in [3.63, 3.8) is 0 Å². The highest BCUT2D eigenvalue weighted by molar-refractivity contribution is 14.0. The number of nitrogens with one attached hydrogen (secondary N) is 2. The standard InChI is InChI=1S/C19H37N5O.HI/c1-3-20-19(21-10-8-14-24-13-7-9-18(24)25)22-15-17(2)16-23-11-5-4-6-12-23;/h17H,3-16H2,1-2H3,(H2,20,21,22);1H. The van der Waals surface area contributed by atoms with Gasteiger partial charge in [-0.25, -0.2) is 0 Å². The molecule has 0 bridgehead atoms. The van der Waals surface area contributed by atoms with Crippen molar-refractivity contribution in [2.75, 3.05) is 52.4 Å². The molecule has 26 heavy (non-hydrogen) atoms. The Hall–Kier alpha value is -0.570. The molecular formula is C19H38IN5O. The van der Waals surface area contributed by atoms with Gasteiger partial charge in [-0.15, -0.1) is 24.0 Å². The topological polar surface area (TPSA) is 60.0 Å². The van der Waals surface area contributed by atoms with E-state index in [2.05, 4.69) is 29.4 Å². The van der Waals surface area contributed by atoms with Crippen LogP contribution < -0.4 is 10.6 Å². The van der Waals surface area contributed by atoms with Crippen molar-refractivity contribution in [3.05, 3.63) is 0 Å². The van der Waals surface area contributed by atoms with Crippen molar-refractivity contribution in [2.24, 2.45) is 10.9 Å². The molecule has 6 nitrogen and oxygen atoms in total. The third kappa shape index (κ3) is 8.88. The van der Waals surface area contributed by atoms with Crippen molar-refractivity contribution in [3.8, 4) is 0 Å². The van der Waals surface area contributed by atoms with Crippen LogP contribution in [0.2, 0.25) is 0 Å². The summed E-state index contributed by atoms with van der Waals surface area (Å²) < 4.78 is 0. The van der Waals surface area contributed by atoms with E-state index in [1.165, 1.54) is 32.4 Å². The second-order valence-corrected chi connectivity index (χ2v) is 7.45. The van der Waals surface area contributed by atoms with E-state index in [4.69, 9.17) is 4.99 Å². The molecule has 152 valence electrons. The number of nitrogens with zero attached hydrogens (tertiary/aromatic N) is 3. The van der Waals surface area contributed by atoms with Crippen LogP contribution in [0.3, 0.4) is 0 Å². The van der Waals surface area contributed by atoms with Gasteiger partial charge in [-0.05, 0) is 51.6 Å². The van der Waals surface area contributed by atoms with Crippen LogP contribution in [0.4, 0.5) is 0 Å². The number of guanidine groups is 1. The molecule has 2 aliphatic heterocycles. The lowest BCUT2D eigenvalue weighted by atomic mass is 10.1. The lowest BCUT2D eigenvalue weighted by Crippen LogP contribution is -2.39. The SMILES string of the molecule is CCNC(=NCC(C)CN1CCCCC1)NCCCN1CCCC1=O.I. The van der Waals surface area contributed by atoms with Gasteiger partial charge in [0.15, 0.2) is 5.96 Å². The Labute approximate surface area is 176 Å². The van der Waals surface area contributed by atoms with Crippen molar-refractivity contribution >= 4 is 35.8 Å². The molecule has 1 atom stereocenters. The second-order valence-electron chi connectivity index (χ2n) is 7.45. The highest BCUT2D eigenvalue weighted by atomic mass is 127. The summed E-state index contributed by atoms with van der Waals surface area (Å²) >= 11 is 0. The van der Waals surface area contributed by atoms with Crippen LogP contribution in [0, 0.1) is 5.92 Å². The van der Waals surface area contributed by atoms with Crippen molar-refractivity contribution in [1.82, 2.24) is 20.4 Å². The Bertz CT molecular complexity index is 426. The fourth-order valence-corrected chi connectivity index (χ4v) is 3.65. The Balaban J connectivity index is 0.00000338. The third-order valence-electron chi connectivity index (χ3n) is 4.99. The van der Waals surface area contributed by atoms with Crippen molar-refractivity contribution in [2.45, 2.75) is 52.4 Å². The molecule has 0 aromatic rings. The van der Waals surface area contributed by atoms with E-state index in [1.54, 1.807) is 0 Å². The molecule has 0 aromatic heterocycles. The van der Waals surface area contributed by atoms with Gasteiger partial charge in [-0.3, -0.25) is 9.79 Å². The van der Waals surface area contributed by atoms with Gasteiger partial charge in [0, 0.05) is 45.7 Å². The molecule has 1 unspecified atom stereocenters. The predicted molar refractivity (Wildman–Crippen MR) is 119 cm³/mol. The summed E-state index contributed by atoms with van der Waals surface area (Å²) in [5.74, 6) is 1.80. The largest absolute Gasteiger partial charge is 0.357 e. The van der Waals surface area contributed by atoms with Crippen LogP contribution in [0.5, 0.6) is 0 Å². The first kappa shape index (κ1) is 23.5. The molecule has 0 spiro atoms. The number of hydrogen-bond acceptors (Lipinski definition) is 3. The third-order valence-corrected chi connectivity index (χ3v) is 4.99. The molecule has 0 aromatic carbocycles. The molecule has 0 saturated carbocycles. The highest BCUT2D eigenvalue weighted by Gasteiger charge is 2.19. The summed E-state index contributed by atoms with van der Waals surface area (Å²) in [5.41, 5.74) is 0. The van der Waals surface area contributed by atoms with E-state index in [0.717, 1.165) is 64.5 Å². The number of halogens is 1. The molecule has 7 heteroatoms. The maximum atomic E-state index is 11.6. The summed E-state index contributed by atoms with van der Waals surface area (Å²) in [4.78, 5) is 20.9. The number of carbonyl (C=O) groups is 1. The maximum Gasteiger partial charge on any atom is 0.222 e. The summed E-state index contributed by atoms with van der Waals surface area (Å²) in [7, 11) is 0. The first-order chi connectivity index (χ1) is 12.2. The van der Waals surface area contributed by atoms with Crippen LogP contribution in [0.25, 0.3) is 0 Å². The van der Waals surface area contributed by atoms with Gasteiger partial charge in [-0.2, -0.15) is 0 Å². The molecule has 0 aliphatic carbocycles. The van der Waals surface area contributed by atoms with Gasteiger partial charge in [0.05, 0.1) is 0 Å². The van der Waals surface area contributed by atoms with E-state index in [0.29, 0.717) is 11.8 Å². The summed E-state index contributed by atoms with van der Waals surface area (Å²) in [6.45, 7) is 12.4. The average molecular weight is 479 g/mol. The number of aliphatic imine (C=N–C) groups is 1. The minimum atomic E-state index is 0. The minimum Gasteiger partial charge on any atom is -0.357 e. The zero-order valence-corrected chi connectivity index (χ0v) is 19.0. The lowest BCUT2D eigenvalue weighted by molar-refractivity contribution is -0.127. The van der Waals surface area contributed by atoms with Gasteiger partial charge in [0.2, 0.25) is 5.91 Å². The molecular weight excluding hydrogens is 441 g/mol. The second kappa shape index (κ2) is 13.6. The lowest BCUT2D eigenvalue weighted by Gasteiger charge is -2.28. The number of amides is 1.